The molecule has 1 amide bonds. The first-order valence-corrected chi connectivity index (χ1v) is 11.6. The molecule has 0 N–H and O–H groups in total. The molecule has 0 bridgehead atoms. The molecule has 29 heavy (non-hydrogen) atoms. The fourth-order valence-corrected chi connectivity index (χ4v) is 5.56. The predicted molar refractivity (Wildman–Crippen MR) is 118 cm³/mol. The standard InChI is InChI=1S/C21H23N3O3S2/c1-3-9-24-20(26)18-15(16-8-6-11-27-16)12-28-19(18)22-21(24)29-13-17(25)23-10-5-4-7-14(23)2/h3,6,8,11-12,14H,1,4-5,7,9-10,13H2,2H3. The average molecular weight is 430 g/mol. The summed E-state index contributed by atoms with van der Waals surface area (Å²) in [6, 6.07) is 3.90. The van der Waals surface area contributed by atoms with Crippen molar-refractivity contribution in [2.24, 2.45) is 0 Å². The molecule has 1 saturated heterocycles. The molecule has 0 spiro atoms. The van der Waals surface area contributed by atoms with Crippen molar-refractivity contribution in [3.05, 3.63) is 46.8 Å². The Morgan fingerprint density at radius 1 is 1.48 bits per heavy atom. The molecule has 4 rings (SSSR count). The molecule has 0 aliphatic carbocycles. The van der Waals surface area contributed by atoms with E-state index in [4.69, 9.17) is 9.40 Å². The summed E-state index contributed by atoms with van der Waals surface area (Å²) in [5, 5.41) is 2.99. The lowest BCUT2D eigenvalue weighted by molar-refractivity contribution is -0.131. The van der Waals surface area contributed by atoms with Crippen molar-refractivity contribution >= 4 is 39.2 Å². The van der Waals surface area contributed by atoms with Crippen LogP contribution in [0.1, 0.15) is 26.2 Å². The number of piperidine rings is 1. The number of carbonyl (C=O) groups is 1. The van der Waals surface area contributed by atoms with E-state index in [0.717, 1.165) is 24.9 Å². The molecule has 1 fully saturated rings. The number of fused-ring (bicyclic) bond motifs is 1. The summed E-state index contributed by atoms with van der Waals surface area (Å²) in [4.78, 5) is 33.3. The number of thioether (sulfide) groups is 1. The zero-order chi connectivity index (χ0) is 20.4. The van der Waals surface area contributed by atoms with Crippen molar-refractivity contribution in [3.63, 3.8) is 0 Å². The molecule has 3 aromatic rings. The summed E-state index contributed by atoms with van der Waals surface area (Å²) < 4.78 is 7.07. The van der Waals surface area contributed by atoms with Crippen LogP contribution in [0, 0.1) is 0 Å². The van der Waals surface area contributed by atoms with Gasteiger partial charge in [-0.05, 0) is 38.3 Å². The highest BCUT2D eigenvalue weighted by molar-refractivity contribution is 7.99. The Morgan fingerprint density at radius 3 is 3.07 bits per heavy atom. The van der Waals surface area contributed by atoms with Gasteiger partial charge in [0.1, 0.15) is 10.6 Å². The number of likely N-dealkylation sites (tertiary alicyclic amines) is 1. The summed E-state index contributed by atoms with van der Waals surface area (Å²) in [5.41, 5.74) is 0.615. The Balaban J connectivity index is 1.65. The van der Waals surface area contributed by atoms with E-state index >= 15 is 0 Å². The number of rotatable bonds is 6. The van der Waals surface area contributed by atoms with E-state index in [0.29, 0.717) is 27.7 Å². The van der Waals surface area contributed by atoms with Crippen molar-refractivity contribution in [3.8, 4) is 11.3 Å². The lowest BCUT2D eigenvalue weighted by atomic mass is 10.0. The second-order valence-corrected chi connectivity index (χ2v) is 8.93. The monoisotopic (exact) mass is 429 g/mol. The van der Waals surface area contributed by atoms with Crippen LogP contribution in [0.15, 0.2) is 50.8 Å². The minimum Gasteiger partial charge on any atom is -0.464 e. The third-order valence-electron chi connectivity index (χ3n) is 5.21. The topological polar surface area (TPSA) is 68.3 Å². The summed E-state index contributed by atoms with van der Waals surface area (Å²) in [6.45, 7) is 7.02. The summed E-state index contributed by atoms with van der Waals surface area (Å²) in [6.07, 6.45) is 6.54. The lowest BCUT2D eigenvalue weighted by Crippen LogP contribution is -2.43. The zero-order valence-electron chi connectivity index (χ0n) is 16.3. The van der Waals surface area contributed by atoms with Gasteiger partial charge in [-0.15, -0.1) is 17.9 Å². The van der Waals surface area contributed by atoms with Crippen LogP contribution in [0.3, 0.4) is 0 Å². The van der Waals surface area contributed by atoms with Gasteiger partial charge in [0.05, 0.1) is 17.4 Å². The number of hydrogen-bond acceptors (Lipinski definition) is 6. The molecule has 0 aromatic carbocycles. The van der Waals surface area contributed by atoms with Crippen molar-refractivity contribution in [1.29, 1.82) is 0 Å². The molecule has 1 aliphatic heterocycles. The van der Waals surface area contributed by atoms with E-state index in [1.54, 1.807) is 23.0 Å². The smallest absolute Gasteiger partial charge is 0.263 e. The quantitative estimate of drug-likeness (QED) is 0.330. The first-order chi connectivity index (χ1) is 14.1. The van der Waals surface area contributed by atoms with Gasteiger partial charge in [0, 0.05) is 30.1 Å². The van der Waals surface area contributed by atoms with E-state index < -0.39 is 0 Å². The second-order valence-electron chi connectivity index (χ2n) is 7.13. The first kappa shape index (κ1) is 20.0. The maximum atomic E-state index is 13.2. The predicted octanol–water partition coefficient (Wildman–Crippen LogP) is 4.40. The molecule has 1 unspecified atom stereocenters. The fraction of sp³-hybridized carbons (Fsp3) is 0.381. The van der Waals surface area contributed by atoms with Crippen molar-refractivity contribution in [2.45, 2.75) is 43.9 Å². The highest BCUT2D eigenvalue weighted by atomic mass is 32.2. The number of carbonyl (C=O) groups excluding carboxylic acids is 1. The van der Waals surface area contributed by atoms with Gasteiger partial charge < -0.3 is 9.32 Å². The molecule has 0 radical (unpaired) electrons. The summed E-state index contributed by atoms with van der Waals surface area (Å²) in [7, 11) is 0. The largest absolute Gasteiger partial charge is 0.464 e. The van der Waals surface area contributed by atoms with Crippen LogP contribution < -0.4 is 5.56 Å². The van der Waals surface area contributed by atoms with Gasteiger partial charge >= 0.3 is 0 Å². The number of allylic oxidation sites excluding steroid dienone is 1. The number of amides is 1. The van der Waals surface area contributed by atoms with Crippen molar-refractivity contribution in [2.75, 3.05) is 12.3 Å². The van der Waals surface area contributed by atoms with Crippen LogP contribution in [0.4, 0.5) is 0 Å². The Kier molecular flexibility index (Phi) is 5.91. The minimum absolute atomic E-state index is 0.101. The molecular formula is C21H23N3O3S2. The number of furan rings is 1. The third kappa shape index (κ3) is 3.91. The van der Waals surface area contributed by atoms with Crippen LogP contribution in [-0.2, 0) is 11.3 Å². The summed E-state index contributed by atoms with van der Waals surface area (Å²) in [5.74, 6) is 1.02. The minimum atomic E-state index is -0.135. The highest BCUT2D eigenvalue weighted by Crippen LogP contribution is 2.32. The third-order valence-corrected chi connectivity index (χ3v) is 7.04. The van der Waals surface area contributed by atoms with E-state index in [1.807, 2.05) is 16.3 Å². The van der Waals surface area contributed by atoms with E-state index in [1.165, 1.54) is 29.5 Å². The number of aromatic nitrogens is 2. The van der Waals surface area contributed by atoms with Crippen LogP contribution in [0.5, 0.6) is 0 Å². The Hall–Kier alpha value is -2.32. The zero-order valence-corrected chi connectivity index (χ0v) is 17.9. The normalized spacial score (nSPS) is 17.0. The number of nitrogens with zero attached hydrogens (tertiary/aromatic N) is 3. The molecule has 3 aromatic heterocycles. The lowest BCUT2D eigenvalue weighted by Gasteiger charge is -2.33. The van der Waals surface area contributed by atoms with Crippen LogP contribution in [0.2, 0.25) is 0 Å². The molecule has 1 aliphatic rings. The Bertz CT molecular complexity index is 1080. The Morgan fingerprint density at radius 2 is 2.34 bits per heavy atom. The molecule has 4 heterocycles. The molecular weight excluding hydrogens is 406 g/mol. The van der Waals surface area contributed by atoms with E-state index in [-0.39, 0.29) is 23.3 Å². The maximum absolute atomic E-state index is 13.2. The van der Waals surface area contributed by atoms with E-state index in [2.05, 4.69) is 13.5 Å². The van der Waals surface area contributed by atoms with Crippen molar-refractivity contribution < 1.29 is 9.21 Å². The van der Waals surface area contributed by atoms with Gasteiger partial charge in [-0.3, -0.25) is 14.2 Å². The van der Waals surface area contributed by atoms with Gasteiger partial charge in [0.2, 0.25) is 5.91 Å². The maximum Gasteiger partial charge on any atom is 0.263 e. The molecule has 152 valence electrons. The number of thiophene rings is 1. The second kappa shape index (κ2) is 8.59. The van der Waals surface area contributed by atoms with Crippen LogP contribution in [-0.4, -0.2) is 38.7 Å². The molecule has 1 atom stereocenters. The fourth-order valence-electron chi connectivity index (χ4n) is 3.70. The van der Waals surface area contributed by atoms with Gasteiger partial charge in [0.15, 0.2) is 5.16 Å². The van der Waals surface area contributed by atoms with Gasteiger partial charge in [-0.2, -0.15) is 0 Å². The van der Waals surface area contributed by atoms with Crippen LogP contribution in [0.25, 0.3) is 21.5 Å². The highest BCUT2D eigenvalue weighted by Gasteiger charge is 2.24. The van der Waals surface area contributed by atoms with Crippen molar-refractivity contribution in [1.82, 2.24) is 14.5 Å². The number of hydrogen-bond donors (Lipinski definition) is 0. The van der Waals surface area contributed by atoms with Gasteiger partial charge in [0.25, 0.3) is 5.56 Å². The van der Waals surface area contributed by atoms with Gasteiger partial charge in [-0.1, -0.05) is 17.8 Å². The first-order valence-electron chi connectivity index (χ1n) is 9.69. The summed E-state index contributed by atoms with van der Waals surface area (Å²) >= 11 is 2.73. The van der Waals surface area contributed by atoms with Gasteiger partial charge in [-0.25, -0.2) is 4.98 Å². The SMILES string of the molecule is C=CCn1c(SCC(=O)N2CCCCC2C)nc2scc(-c3ccco3)c2c1=O. The molecule has 0 saturated carbocycles. The van der Waals surface area contributed by atoms with Crippen LogP contribution >= 0.6 is 23.1 Å². The molecule has 6 nitrogen and oxygen atoms in total. The molecule has 8 heteroatoms. The Labute approximate surface area is 177 Å². The van der Waals surface area contributed by atoms with E-state index in [9.17, 15) is 9.59 Å². The average Bonchev–Trinajstić information content (AvgIpc) is 3.38.